The number of carbonyl (C=O) groups excluding carboxylic acids is 1. The topological polar surface area (TPSA) is 71.7 Å². The first-order valence-electron chi connectivity index (χ1n) is 11.0. The van der Waals surface area contributed by atoms with Crippen molar-refractivity contribution in [2.45, 2.75) is 33.7 Å². The second-order valence-electron chi connectivity index (χ2n) is 8.43. The zero-order valence-electron chi connectivity index (χ0n) is 19.2. The summed E-state index contributed by atoms with van der Waals surface area (Å²) in [4.78, 5) is 21.4. The zero-order valence-corrected chi connectivity index (χ0v) is 19.2. The zero-order chi connectivity index (χ0) is 22.7. The predicted octanol–water partition coefficient (Wildman–Crippen LogP) is 3.95. The first kappa shape index (κ1) is 22.0. The maximum Gasteiger partial charge on any atom is 0.260 e. The molecule has 2 aromatic carbocycles. The van der Waals surface area contributed by atoms with Crippen LogP contribution in [0.3, 0.4) is 0 Å². The molecule has 1 amide bonds. The average molecular weight is 435 g/mol. The Labute approximate surface area is 189 Å². The first-order valence-corrected chi connectivity index (χ1v) is 11.0. The molecule has 0 N–H and O–H groups in total. The number of aromatic nitrogens is 2. The van der Waals surface area contributed by atoms with Crippen LogP contribution in [0.1, 0.15) is 35.5 Å². The van der Waals surface area contributed by atoms with Crippen molar-refractivity contribution in [2.24, 2.45) is 0 Å². The van der Waals surface area contributed by atoms with Crippen molar-refractivity contribution in [3.8, 4) is 17.1 Å². The van der Waals surface area contributed by atoms with Crippen molar-refractivity contribution in [2.75, 3.05) is 32.8 Å². The monoisotopic (exact) mass is 434 g/mol. The molecular weight excluding hydrogens is 404 g/mol. The van der Waals surface area contributed by atoms with Crippen LogP contribution < -0.4 is 4.74 Å². The Morgan fingerprint density at radius 1 is 1.06 bits per heavy atom. The van der Waals surface area contributed by atoms with E-state index in [1.54, 1.807) is 0 Å². The number of ether oxygens (including phenoxy) is 1. The fraction of sp³-hybridized carbons (Fsp3) is 0.400. The SMILES string of the molecule is Cc1cc(C)c(OCC(=O)N2CCN(C(C)c3nc(-c4ccccc4)no3)CC2)c(C)c1. The molecule has 7 nitrogen and oxygen atoms in total. The third-order valence-electron chi connectivity index (χ3n) is 5.99. The lowest BCUT2D eigenvalue weighted by atomic mass is 10.1. The summed E-state index contributed by atoms with van der Waals surface area (Å²) in [6.07, 6.45) is 0. The van der Waals surface area contributed by atoms with Gasteiger partial charge in [-0.15, -0.1) is 0 Å². The summed E-state index contributed by atoms with van der Waals surface area (Å²) in [7, 11) is 0. The van der Waals surface area contributed by atoms with Gasteiger partial charge in [-0.1, -0.05) is 53.2 Å². The quantitative estimate of drug-likeness (QED) is 0.585. The smallest absolute Gasteiger partial charge is 0.260 e. The molecule has 1 saturated heterocycles. The lowest BCUT2D eigenvalue weighted by Crippen LogP contribution is -2.50. The Morgan fingerprint density at radius 3 is 2.38 bits per heavy atom. The van der Waals surface area contributed by atoms with Gasteiger partial charge in [-0.2, -0.15) is 4.98 Å². The Bertz CT molecular complexity index is 1050. The fourth-order valence-corrected chi connectivity index (χ4v) is 4.24. The van der Waals surface area contributed by atoms with E-state index in [2.05, 4.69) is 41.0 Å². The molecule has 0 bridgehead atoms. The number of hydrogen-bond donors (Lipinski definition) is 0. The number of rotatable bonds is 6. The summed E-state index contributed by atoms with van der Waals surface area (Å²) in [6.45, 7) is 11.0. The van der Waals surface area contributed by atoms with Gasteiger partial charge in [0.25, 0.3) is 5.91 Å². The van der Waals surface area contributed by atoms with Gasteiger partial charge >= 0.3 is 0 Å². The lowest BCUT2D eigenvalue weighted by molar-refractivity contribution is -0.135. The Balaban J connectivity index is 1.30. The van der Waals surface area contributed by atoms with Gasteiger partial charge in [0, 0.05) is 31.7 Å². The summed E-state index contributed by atoms with van der Waals surface area (Å²) in [5.41, 5.74) is 4.25. The third kappa shape index (κ3) is 4.83. The molecule has 3 aromatic rings. The van der Waals surface area contributed by atoms with Crippen molar-refractivity contribution >= 4 is 5.91 Å². The maximum absolute atomic E-state index is 12.7. The summed E-state index contributed by atoms with van der Waals surface area (Å²) in [6, 6.07) is 13.9. The predicted molar refractivity (Wildman–Crippen MR) is 122 cm³/mol. The number of piperazine rings is 1. The lowest BCUT2D eigenvalue weighted by Gasteiger charge is -2.36. The summed E-state index contributed by atoms with van der Waals surface area (Å²) in [5.74, 6) is 2.01. The van der Waals surface area contributed by atoms with E-state index in [0.29, 0.717) is 24.8 Å². The van der Waals surface area contributed by atoms with Crippen LogP contribution in [0.2, 0.25) is 0 Å². The van der Waals surface area contributed by atoms with Crippen LogP contribution in [0.4, 0.5) is 0 Å². The summed E-state index contributed by atoms with van der Waals surface area (Å²) < 4.78 is 11.4. The molecule has 0 aliphatic carbocycles. The summed E-state index contributed by atoms with van der Waals surface area (Å²) >= 11 is 0. The minimum absolute atomic E-state index is 0.00804. The van der Waals surface area contributed by atoms with E-state index >= 15 is 0 Å². The Morgan fingerprint density at radius 2 is 1.72 bits per heavy atom. The number of benzene rings is 2. The molecular formula is C25H30N4O3. The largest absolute Gasteiger partial charge is 0.483 e. The number of amides is 1. The molecule has 1 fully saturated rings. The number of carbonyl (C=O) groups is 1. The highest BCUT2D eigenvalue weighted by molar-refractivity contribution is 5.78. The minimum Gasteiger partial charge on any atom is -0.483 e. The van der Waals surface area contributed by atoms with E-state index in [4.69, 9.17) is 9.26 Å². The van der Waals surface area contributed by atoms with Crippen molar-refractivity contribution < 1.29 is 14.1 Å². The van der Waals surface area contributed by atoms with Crippen LogP contribution in [0.5, 0.6) is 5.75 Å². The molecule has 4 rings (SSSR count). The van der Waals surface area contributed by atoms with Crippen LogP contribution in [0, 0.1) is 20.8 Å². The van der Waals surface area contributed by atoms with E-state index in [0.717, 1.165) is 35.5 Å². The highest BCUT2D eigenvalue weighted by Gasteiger charge is 2.28. The fourth-order valence-electron chi connectivity index (χ4n) is 4.24. The van der Waals surface area contributed by atoms with E-state index in [1.807, 2.05) is 49.1 Å². The van der Waals surface area contributed by atoms with E-state index in [9.17, 15) is 4.79 Å². The third-order valence-corrected chi connectivity index (χ3v) is 5.99. The molecule has 1 aliphatic rings. The first-order chi connectivity index (χ1) is 15.4. The van der Waals surface area contributed by atoms with Crippen LogP contribution >= 0.6 is 0 Å². The second-order valence-corrected chi connectivity index (χ2v) is 8.43. The molecule has 1 atom stereocenters. The molecule has 0 spiro atoms. The summed E-state index contributed by atoms with van der Waals surface area (Å²) in [5, 5.41) is 4.12. The molecule has 1 aliphatic heterocycles. The van der Waals surface area contributed by atoms with Crippen LogP contribution in [0.25, 0.3) is 11.4 Å². The van der Waals surface area contributed by atoms with Gasteiger partial charge in [0.15, 0.2) is 6.61 Å². The van der Waals surface area contributed by atoms with Crippen LogP contribution in [-0.4, -0.2) is 58.6 Å². The van der Waals surface area contributed by atoms with Gasteiger partial charge in [-0.25, -0.2) is 0 Å². The minimum atomic E-state index is -0.00804. The Kier molecular flexibility index (Phi) is 6.55. The van der Waals surface area contributed by atoms with Crippen molar-refractivity contribution in [1.29, 1.82) is 0 Å². The van der Waals surface area contributed by atoms with Gasteiger partial charge in [0.05, 0.1) is 6.04 Å². The normalized spacial score (nSPS) is 15.6. The molecule has 32 heavy (non-hydrogen) atoms. The van der Waals surface area contributed by atoms with Crippen molar-refractivity contribution in [1.82, 2.24) is 19.9 Å². The van der Waals surface area contributed by atoms with E-state index in [-0.39, 0.29) is 18.6 Å². The molecule has 0 radical (unpaired) electrons. The number of aryl methyl sites for hydroxylation is 3. The van der Waals surface area contributed by atoms with Crippen molar-refractivity contribution in [3.05, 3.63) is 65.0 Å². The molecule has 168 valence electrons. The molecule has 7 heteroatoms. The van der Waals surface area contributed by atoms with Crippen LogP contribution in [0.15, 0.2) is 47.0 Å². The molecule has 1 unspecified atom stereocenters. The van der Waals surface area contributed by atoms with Crippen LogP contribution in [-0.2, 0) is 4.79 Å². The standard InChI is InChI=1S/C25H30N4O3/c1-17-14-18(2)23(19(3)15-17)31-16-22(30)29-12-10-28(11-13-29)20(4)25-26-24(27-32-25)21-8-6-5-7-9-21/h5-9,14-15,20H,10-13,16H2,1-4H3. The highest BCUT2D eigenvalue weighted by Crippen LogP contribution is 2.25. The van der Waals surface area contributed by atoms with Gasteiger partial charge in [-0.05, 0) is 38.8 Å². The Hall–Kier alpha value is -3.19. The second kappa shape index (κ2) is 9.53. The van der Waals surface area contributed by atoms with Gasteiger partial charge in [-0.3, -0.25) is 9.69 Å². The van der Waals surface area contributed by atoms with E-state index < -0.39 is 0 Å². The molecule has 0 saturated carbocycles. The number of hydrogen-bond acceptors (Lipinski definition) is 6. The maximum atomic E-state index is 12.7. The van der Waals surface area contributed by atoms with Crippen molar-refractivity contribution in [3.63, 3.8) is 0 Å². The molecule has 2 heterocycles. The van der Waals surface area contributed by atoms with Gasteiger partial charge in [0.1, 0.15) is 5.75 Å². The highest BCUT2D eigenvalue weighted by atomic mass is 16.5. The molecule has 1 aromatic heterocycles. The van der Waals surface area contributed by atoms with E-state index in [1.165, 1.54) is 5.56 Å². The van der Waals surface area contributed by atoms with Gasteiger partial charge in [0.2, 0.25) is 11.7 Å². The van der Waals surface area contributed by atoms with Gasteiger partial charge < -0.3 is 14.2 Å². The average Bonchev–Trinajstić information content (AvgIpc) is 3.29. The number of nitrogens with zero attached hydrogens (tertiary/aromatic N) is 4.